The van der Waals surface area contributed by atoms with E-state index in [0.29, 0.717) is 25.1 Å². The Morgan fingerprint density at radius 2 is 2.19 bits per heavy atom. The fourth-order valence-electron chi connectivity index (χ4n) is 2.54. The fraction of sp³-hybridized carbons (Fsp3) is 0.529. The molecule has 0 unspecified atom stereocenters. The highest BCUT2D eigenvalue weighted by molar-refractivity contribution is 5.37. The first-order valence-corrected chi connectivity index (χ1v) is 7.24. The molecule has 0 atom stereocenters. The Labute approximate surface area is 125 Å². The van der Waals surface area contributed by atoms with Crippen LogP contribution < -0.4 is 0 Å². The topological polar surface area (TPSA) is 32.7 Å². The van der Waals surface area contributed by atoms with Gasteiger partial charge in [0.2, 0.25) is 0 Å². The maximum absolute atomic E-state index is 13.7. The van der Waals surface area contributed by atoms with E-state index < -0.39 is 0 Å². The number of morpholine rings is 1. The van der Waals surface area contributed by atoms with Crippen LogP contribution in [0.1, 0.15) is 31.4 Å². The molecule has 1 N–H and O–H groups in total. The molecule has 1 aromatic rings. The first kappa shape index (κ1) is 16.0. The monoisotopic (exact) mass is 291 g/mol. The minimum atomic E-state index is -0.270. The highest BCUT2D eigenvalue weighted by Crippen LogP contribution is 2.19. The third-order valence-electron chi connectivity index (χ3n) is 3.34. The minimum Gasteiger partial charge on any atom is -0.395 e. The van der Waals surface area contributed by atoms with Crippen LogP contribution in [0, 0.1) is 17.7 Å². The van der Waals surface area contributed by atoms with E-state index in [4.69, 9.17) is 9.84 Å². The predicted molar refractivity (Wildman–Crippen MR) is 80.3 cm³/mol. The lowest BCUT2D eigenvalue weighted by atomic mass is 10.1. The van der Waals surface area contributed by atoms with Crippen molar-refractivity contribution < 1.29 is 14.2 Å². The largest absolute Gasteiger partial charge is 0.395 e. The lowest BCUT2D eigenvalue weighted by Crippen LogP contribution is -2.47. The van der Waals surface area contributed by atoms with Crippen molar-refractivity contribution in [2.45, 2.75) is 32.4 Å². The summed E-state index contributed by atoms with van der Waals surface area (Å²) in [7, 11) is 0. The zero-order valence-corrected chi connectivity index (χ0v) is 12.7. The summed E-state index contributed by atoms with van der Waals surface area (Å²) in [6, 6.07) is 4.90. The van der Waals surface area contributed by atoms with Gasteiger partial charge in [-0.1, -0.05) is 11.8 Å². The van der Waals surface area contributed by atoms with Crippen molar-refractivity contribution in [1.82, 2.24) is 4.90 Å². The summed E-state index contributed by atoms with van der Waals surface area (Å²) in [5, 5.41) is 8.72. The second kappa shape index (κ2) is 7.04. The Hall–Kier alpha value is -1.41. The minimum absolute atomic E-state index is 0.0258. The molecule has 1 aliphatic rings. The Balaban J connectivity index is 2.08. The molecule has 3 nitrogen and oxygen atoms in total. The number of nitrogens with zero attached hydrogens (tertiary/aromatic N) is 1. The molecule has 0 bridgehead atoms. The first-order chi connectivity index (χ1) is 9.98. The highest BCUT2D eigenvalue weighted by Gasteiger charge is 2.27. The van der Waals surface area contributed by atoms with Crippen LogP contribution in [-0.2, 0) is 11.3 Å². The number of ether oxygens (including phenoxy) is 1. The summed E-state index contributed by atoms with van der Waals surface area (Å²) in [4.78, 5) is 2.27. The molecule has 0 amide bonds. The van der Waals surface area contributed by atoms with Gasteiger partial charge in [-0.25, -0.2) is 4.39 Å². The molecule has 114 valence electrons. The average Bonchev–Trinajstić information content (AvgIpc) is 2.37. The molecule has 0 aliphatic carbocycles. The number of hydrogen-bond acceptors (Lipinski definition) is 3. The zero-order valence-electron chi connectivity index (χ0n) is 12.7. The standard InChI is InChI=1S/C17H22FNO2/c1-17(2)13-19(6-8-21-17)12-15-9-14(5-3-4-7-20)10-16(18)11-15/h9-11,20H,4,6-8,12-13H2,1-2H3. The second-order valence-electron chi connectivity index (χ2n) is 5.94. The molecular formula is C17H22FNO2. The van der Waals surface area contributed by atoms with Gasteiger partial charge in [-0.05, 0) is 37.6 Å². The van der Waals surface area contributed by atoms with Crippen molar-refractivity contribution in [2.75, 3.05) is 26.3 Å². The van der Waals surface area contributed by atoms with Gasteiger partial charge >= 0.3 is 0 Å². The number of benzene rings is 1. The number of hydrogen-bond donors (Lipinski definition) is 1. The molecular weight excluding hydrogens is 269 g/mol. The lowest BCUT2D eigenvalue weighted by molar-refractivity contribution is -0.0882. The summed E-state index contributed by atoms with van der Waals surface area (Å²) in [5.74, 6) is 5.44. The van der Waals surface area contributed by atoms with Crippen LogP contribution in [0.3, 0.4) is 0 Å². The number of rotatable bonds is 3. The lowest BCUT2D eigenvalue weighted by Gasteiger charge is -2.38. The predicted octanol–water partition coefficient (Wildman–Crippen LogP) is 2.17. The van der Waals surface area contributed by atoms with Gasteiger partial charge in [0.1, 0.15) is 5.82 Å². The Morgan fingerprint density at radius 3 is 2.90 bits per heavy atom. The smallest absolute Gasteiger partial charge is 0.124 e. The quantitative estimate of drug-likeness (QED) is 0.866. The van der Waals surface area contributed by atoms with Gasteiger partial charge < -0.3 is 9.84 Å². The van der Waals surface area contributed by atoms with E-state index >= 15 is 0 Å². The van der Waals surface area contributed by atoms with E-state index in [1.165, 1.54) is 6.07 Å². The van der Waals surface area contributed by atoms with Crippen LogP contribution in [0.4, 0.5) is 4.39 Å². The molecule has 0 saturated carbocycles. The van der Waals surface area contributed by atoms with Crippen molar-refractivity contribution in [3.8, 4) is 11.8 Å². The SMILES string of the molecule is CC1(C)CN(Cc2cc(F)cc(C#CCCO)c2)CCO1. The van der Waals surface area contributed by atoms with Crippen LogP contribution in [0.15, 0.2) is 18.2 Å². The van der Waals surface area contributed by atoms with Crippen LogP contribution in [0.5, 0.6) is 0 Å². The molecule has 1 aliphatic heterocycles. The summed E-state index contributed by atoms with van der Waals surface area (Å²) in [6.45, 7) is 7.23. The van der Waals surface area contributed by atoms with Gasteiger partial charge in [0, 0.05) is 31.6 Å². The van der Waals surface area contributed by atoms with Crippen LogP contribution in [-0.4, -0.2) is 41.9 Å². The number of halogens is 1. The molecule has 1 fully saturated rings. The van der Waals surface area contributed by atoms with Gasteiger partial charge in [0.25, 0.3) is 0 Å². The van der Waals surface area contributed by atoms with Crippen molar-refractivity contribution in [1.29, 1.82) is 0 Å². The van der Waals surface area contributed by atoms with Gasteiger partial charge in [-0.15, -0.1) is 0 Å². The van der Waals surface area contributed by atoms with E-state index in [1.54, 1.807) is 6.07 Å². The van der Waals surface area contributed by atoms with E-state index in [0.717, 1.165) is 18.7 Å². The Kier molecular flexibility index (Phi) is 5.35. The van der Waals surface area contributed by atoms with Crippen molar-refractivity contribution in [3.63, 3.8) is 0 Å². The Bertz CT molecular complexity index is 545. The van der Waals surface area contributed by atoms with Crippen LogP contribution in [0.25, 0.3) is 0 Å². The van der Waals surface area contributed by atoms with Gasteiger partial charge in [-0.3, -0.25) is 4.90 Å². The summed E-state index contributed by atoms with van der Waals surface area (Å²) < 4.78 is 19.4. The molecule has 0 radical (unpaired) electrons. The van der Waals surface area contributed by atoms with Gasteiger partial charge in [-0.2, -0.15) is 0 Å². The molecule has 1 heterocycles. The third kappa shape index (κ3) is 5.13. The molecule has 0 aromatic heterocycles. The van der Waals surface area contributed by atoms with E-state index in [2.05, 4.69) is 30.6 Å². The first-order valence-electron chi connectivity index (χ1n) is 7.24. The maximum atomic E-state index is 13.7. The van der Waals surface area contributed by atoms with Gasteiger partial charge in [0.15, 0.2) is 0 Å². The van der Waals surface area contributed by atoms with Gasteiger partial charge in [0.05, 0.1) is 18.8 Å². The third-order valence-corrected chi connectivity index (χ3v) is 3.34. The van der Waals surface area contributed by atoms with E-state index in [1.807, 2.05) is 6.07 Å². The van der Waals surface area contributed by atoms with Crippen LogP contribution in [0.2, 0.25) is 0 Å². The Morgan fingerprint density at radius 1 is 1.38 bits per heavy atom. The summed E-state index contributed by atoms with van der Waals surface area (Å²) in [5.41, 5.74) is 1.42. The molecule has 4 heteroatoms. The molecule has 0 spiro atoms. The molecule has 1 aromatic carbocycles. The second-order valence-corrected chi connectivity index (χ2v) is 5.94. The number of aliphatic hydroxyl groups is 1. The van der Waals surface area contributed by atoms with Crippen molar-refractivity contribution >= 4 is 0 Å². The maximum Gasteiger partial charge on any atom is 0.124 e. The molecule has 2 rings (SSSR count). The fourth-order valence-corrected chi connectivity index (χ4v) is 2.54. The molecule has 1 saturated heterocycles. The molecule has 21 heavy (non-hydrogen) atoms. The van der Waals surface area contributed by atoms with Crippen LogP contribution >= 0.6 is 0 Å². The van der Waals surface area contributed by atoms with Crippen molar-refractivity contribution in [2.24, 2.45) is 0 Å². The highest BCUT2D eigenvalue weighted by atomic mass is 19.1. The zero-order chi connectivity index (χ0) is 15.3. The normalized spacial score (nSPS) is 18.1. The average molecular weight is 291 g/mol. The van der Waals surface area contributed by atoms with E-state index in [-0.39, 0.29) is 18.0 Å². The van der Waals surface area contributed by atoms with E-state index in [9.17, 15) is 4.39 Å². The summed E-state index contributed by atoms with van der Waals surface area (Å²) in [6.07, 6.45) is 0.406. The number of aliphatic hydroxyl groups excluding tert-OH is 1. The summed E-state index contributed by atoms with van der Waals surface area (Å²) >= 11 is 0. The van der Waals surface area contributed by atoms with Crippen molar-refractivity contribution in [3.05, 3.63) is 35.1 Å².